The van der Waals surface area contributed by atoms with Crippen molar-refractivity contribution in [1.82, 2.24) is 15.0 Å². The molecule has 0 unspecified atom stereocenters. The zero-order valence-corrected chi connectivity index (χ0v) is 8.74. The van der Waals surface area contributed by atoms with Gasteiger partial charge in [0, 0.05) is 13.2 Å². The Bertz CT molecular complexity index is 299. The monoisotopic (exact) mass is 194 g/mol. The second kappa shape index (κ2) is 3.69. The fourth-order valence-corrected chi connectivity index (χ4v) is 2.44. The van der Waals surface area contributed by atoms with E-state index in [-0.39, 0.29) is 0 Å². The summed E-state index contributed by atoms with van der Waals surface area (Å²) in [5.41, 5.74) is 7.27. The minimum Gasteiger partial charge on any atom is -0.330 e. The van der Waals surface area contributed by atoms with E-state index in [1.165, 1.54) is 25.7 Å². The van der Waals surface area contributed by atoms with E-state index in [0.29, 0.717) is 5.41 Å². The molecule has 0 spiro atoms. The van der Waals surface area contributed by atoms with E-state index in [2.05, 4.69) is 10.3 Å². The lowest BCUT2D eigenvalue weighted by Gasteiger charge is -2.25. The molecule has 0 aromatic carbocycles. The van der Waals surface area contributed by atoms with Crippen LogP contribution in [0.25, 0.3) is 0 Å². The first kappa shape index (κ1) is 9.65. The van der Waals surface area contributed by atoms with Crippen LogP contribution >= 0.6 is 0 Å². The van der Waals surface area contributed by atoms with Crippen molar-refractivity contribution in [2.75, 3.05) is 6.54 Å². The molecule has 0 bridgehead atoms. The minimum atomic E-state index is 0.316. The second-order valence-corrected chi connectivity index (χ2v) is 4.47. The number of nitrogens with two attached hydrogens (primary N) is 1. The number of hydrogen-bond donors (Lipinski definition) is 1. The number of nitrogens with zero attached hydrogens (tertiary/aromatic N) is 3. The Labute approximate surface area is 84.5 Å². The smallest absolute Gasteiger partial charge is 0.0833 e. The summed E-state index contributed by atoms with van der Waals surface area (Å²) in [4.78, 5) is 0. The Morgan fingerprint density at radius 1 is 1.50 bits per heavy atom. The van der Waals surface area contributed by atoms with E-state index in [1.54, 1.807) is 4.68 Å². The highest BCUT2D eigenvalue weighted by Gasteiger charge is 2.33. The predicted molar refractivity (Wildman–Crippen MR) is 54.7 cm³/mol. The summed E-state index contributed by atoms with van der Waals surface area (Å²) >= 11 is 0. The van der Waals surface area contributed by atoms with Gasteiger partial charge in [-0.1, -0.05) is 18.1 Å². The van der Waals surface area contributed by atoms with Crippen LogP contribution < -0.4 is 5.73 Å². The molecule has 14 heavy (non-hydrogen) atoms. The van der Waals surface area contributed by atoms with E-state index in [0.717, 1.165) is 18.7 Å². The molecule has 1 saturated carbocycles. The SMILES string of the molecule is Cn1cc(CC2(CN)CCCC2)nn1. The second-order valence-electron chi connectivity index (χ2n) is 4.47. The lowest BCUT2D eigenvalue weighted by Crippen LogP contribution is -2.29. The first-order valence-electron chi connectivity index (χ1n) is 5.29. The summed E-state index contributed by atoms with van der Waals surface area (Å²) in [6.45, 7) is 0.781. The molecule has 1 fully saturated rings. The molecule has 4 nitrogen and oxygen atoms in total. The largest absolute Gasteiger partial charge is 0.330 e. The van der Waals surface area contributed by atoms with Gasteiger partial charge < -0.3 is 5.73 Å². The number of aromatic nitrogens is 3. The summed E-state index contributed by atoms with van der Waals surface area (Å²) in [5.74, 6) is 0. The first-order chi connectivity index (χ1) is 6.74. The molecule has 1 aromatic heterocycles. The maximum atomic E-state index is 5.87. The molecule has 0 radical (unpaired) electrons. The van der Waals surface area contributed by atoms with Gasteiger partial charge in [-0.15, -0.1) is 5.10 Å². The highest BCUT2D eigenvalue weighted by atomic mass is 15.4. The first-order valence-corrected chi connectivity index (χ1v) is 5.29. The van der Waals surface area contributed by atoms with E-state index >= 15 is 0 Å². The normalized spacial score (nSPS) is 20.1. The molecule has 0 aliphatic heterocycles. The Morgan fingerprint density at radius 3 is 2.71 bits per heavy atom. The van der Waals surface area contributed by atoms with Crippen LogP contribution in [0.3, 0.4) is 0 Å². The summed E-state index contributed by atoms with van der Waals surface area (Å²) in [7, 11) is 1.90. The van der Waals surface area contributed by atoms with Crippen molar-refractivity contribution < 1.29 is 0 Å². The Kier molecular flexibility index (Phi) is 2.54. The minimum absolute atomic E-state index is 0.316. The van der Waals surface area contributed by atoms with E-state index in [4.69, 9.17) is 5.73 Å². The van der Waals surface area contributed by atoms with Crippen LogP contribution in [-0.4, -0.2) is 21.5 Å². The molecular formula is C10H18N4. The molecule has 0 atom stereocenters. The van der Waals surface area contributed by atoms with Gasteiger partial charge in [0.15, 0.2) is 0 Å². The van der Waals surface area contributed by atoms with Gasteiger partial charge in [-0.3, -0.25) is 4.68 Å². The van der Waals surface area contributed by atoms with E-state index < -0.39 is 0 Å². The maximum absolute atomic E-state index is 5.87. The molecule has 2 N–H and O–H groups in total. The zero-order chi connectivity index (χ0) is 10.0. The number of rotatable bonds is 3. The number of hydrogen-bond acceptors (Lipinski definition) is 3. The topological polar surface area (TPSA) is 56.7 Å². The van der Waals surface area contributed by atoms with Crippen LogP contribution in [-0.2, 0) is 13.5 Å². The predicted octanol–water partition coefficient (Wildman–Crippen LogP) is 0.877. The van der Waals surface area contributed by atoms with Crippen molar-refractivity contribution in [1.29, 1.82) is 0 Å². The summed E-state index contributed by atoms with van der Waals surface area (Å²) in [5, 5.41) is 8.08. The van der Waals surface area contributed by atoms with Gasteiger partial charge in [0.1, 0.15) is 0 Å². The maximum Gasteiger partial charge on any atom is 0.0833 e. The lowest BCUT2D eigenvalue weighted by atomic mass is 9.82. The van der Waals surface area contributed by atoms with Gasteiger partial charge in [0.05, 0.1) is 5.69 Å². The van der Waals surface area contributed by atoms with Gasteiger partial charge in [0.25, 0.3) is 0 Å². The van der Waals surface area contributed by atoms with Crippen molar-refractivity contribution in [3.8, 4) is 0 Å². The van der Waals surface area contributed by atoms with E-state index in [1.807, 2.05) is 13.2 Å². The summed E-state index contributed by atoms with van der Waals surface area (Å²) in [6.07, 6.45) is 8.13. The molecule has 0 saturated heterocycles. The van der Waals surface area contributed by atoms with Crippen molar-refractivity contribution in [2.45, 2.75) is 32.1 Å². The van der Waals surface area contributed by atoms with Crippen molar-refractivity contribution in [3.05, 3.63) is 11.9 Å². The highest BCUT2D eigenvalue weighted by molar-refractivity contribution is 5.01. The van der Waals surface area contributed by atoms with Crippen LogP contribution in [0.2, 0.25) is 0 Å². The van der Waals surface area contributed by atoms with Gasteiger partial charge >= 0.3 is 0 Å². The molecule has 2 rings (SSSR count). The van der Waals surface area contributed by atoms with Gasteiger partial charge in [-0.2, -0.15) is 0 Å². The molecule has 1 heterocycles. The average molecular weight is 194 g/mol. The van der Waals surface area contributed by atoms with Gasteiger partial charge in [-0.25, -0.2) is 0 Å². The summed E-state index contributed by atoms with van der Waals surface area (Å²) < 4.78 is 1.76. The molecular weight excluding hydrogens is 176 g/mol. The molecule has 4 heteroatoms. The van der Waals surface area contributed by atoms with Crippen molar-refractivity contribution in [3.63, 3.8) is 0 Å². The van der Waals surface area contributed by atoms with Crippen LogP contribution in [0.15, 0.2) is 6.20 Å². The molecule has 1 aliphatic carbocycles. The van der Waals surface area contributed by atoms with Gasteiger partial charge in [0.2, 0.25) is 0 Å². The fourth-order valence-electron chi connectivity index (χ4n) is 2.44. The van der Waals surface area contributed by atoms with Crippen molar-refractivity contribution in [2.24, 2.45) is 18.2 Å². The van der Waals surface area contributed by atoms with Crippen LogP contribution in [0.5, 0.6) is 0 Å². The van der Waals surface area contributed by atoms with E-state index in [9.17, 15) is 0 Å². The summed E-state index contributed by atoms with van der Waals surface area (Å²) in [6, 6.07) is 0. The van der Waals surface area contributed by atoms with Crippen LogP contribution in [0.4, 0.5) is 0 Å². The molecule has 1 aliphatic rings. The lowest BCUT2D eigenvalue weighted by molar-refractivity contribution is 0.303. The Balaban J connectivity index is 2.08. The third-order valence-corrected chi connectivity index (χ3v) is 3.30. The van der Waals surface area contributed by atoms with Crippen molar-refractivity contribution >= 4 is 0 Å². The fraction of sp³-hybridized carbons (Fsp3) is 0.800. The molecule has 0 amide bonds. The number of aryl methyl sites for hydroxylation is 1. The Hall–Kier alpha value is -0.900. The zero-order valence-electron chi connectivity index (χ0n) is 8.74. The Morgan fingerprint density at radius 2 is 2.21 bits per heavy atom. The highest BCUT2D eigenvalue weighted by Crippen LogP contribution is 2.39. The molecule has 78 valence electrons. The van der Waals surface area contributed by atoms with Gasteiger partial charge in [-0.05, 0) is 31.2 Å². The average Bonchev–Trinajstić information content (AvgIpc) is 2.77. The standard InChI is InChI=1S/C10H18N4/c1-14-7-9(12-13-14)6-10(8-11)4-2-3-5-10/h7H,2-6,8,11H2,1H3. The third kappa shape index (κ3) is 1.80. The molecule has 1 aromatic rings. The van der Waals surface area contributed by atoms with Crippen LogP contribution in [0, 0.1) is 5.41 Å². The third-order valence-electron chi connectivity index (χ3n) is 3.30. The van der Waals surface area contributed by atoms with Crippen LogP contribution in [0.1, 0.15) is 31.4 Å². The quantitative estimate of drug-likeness (QED) is 0.777.